The lowest BCUT2D eigenvalue weighted by molar-refractivity contribution is 0.0660. The highest BCUT2D eigenvalue weighted by molar-refractivity contribution is 5.94. The molecule has 154 valence electrons. The van der Waals surface area contributed by atoms with Crippen molar-refractivity contribution in [2.75, 3.05) is 46.4 Å². The molecule has 1 aromatic rings. The van der Waals surface area contributed by atoms with Crippen molar-refractivity contribution < 1.29 is 14.3 Å². The molecular weight excluding hydrogens is 356 g/mol. The third-order valence-corrected chi connectivity index (χ3v) is 5.76. The van der Waals surface area contributed by atoms with Gasteiger partial charge in [0.1, 0.15) is 5.75 Å². The zero-order valence-corrected chi connectivity index (χ0v) is 17.2. The highest BCUT2D eigenvalue weighted by Gasteiger charge is 2.27. The first kappa shape index (κ1) is 20.5. The van der Waals surface area contributed by atoms with Gasteiger partial charge in [-0.3, -0.25) is 4.79 Å². The Morgan fingerprint density at radius 1 is 1.04 bits per heavy atom. The van der Waals surface area contributed by atoms with Crippen LogP contribution in [0.3, 0.4) is 0 Å². The monoisotopic (exact) mass is 388 g/mol. The molecule has 0 radical (unpaired) electrons. The molecule has 1 N–H and O–H groups in total. The van der Waals surface area contributed by atoms with Crippen LogP contribution in [0.2, 0.25) is 0 Å². The van der Waals surface area contributed by atoms with Crippen molar-refractivity contribution in [3.63, 3.8) is 0 Å². The summed E-state index contributed by atoms with van der Waals surface area (Å²) < 4.78 is 5.20. The van der Waals surface area contributed by atoms with E-state index in [0.717, 1.165) is 25.9 Å². The molecule has 0 aliphatic carbocycles. The van der Waals surface area contributed by atoms with Gasteiger partial charge in [-0.05, 0) is 44.9 Å². The van der Waals surface area contributed by atoms with Crippen LogP contribution in [0.1, 0.15) is 37.0 Å². The molecule has 28 heavy (non-hydrogen) atoms. The molecule has 3 rings (SSSR count). The molecule has 2 saturated heterocycles. The second-order valence-corrected chi connectivity index (χ2v) is 7.86. The molecule has 7 nitrogen and oxygen atoms in total. The second kappa shape index (κ2) is 9.28. The van der Waals surface area contributed by atoms with Crippen LogP contribution < -0.4 is 10.1 Å². The van der Waals surface area contributed by atoms with Crippen molar-refractivity contribution >= 4 is 11.9 Å². The maximum absolute atomic E-state index is 12.7. The summed E-state index contributed by atoms with van der Waals surface area (Å²) in [6, 6.07) is 8.01. The van der Waals surface area contributed by atoms with Gasteiger partial charge in [0.15, 0.2) is 0 Å². The third kappa shape index (κ3) is 4.95. The fraction of sp³-hybridized carbons (Fsp3) is 0.619. The number of nitrogens with zero attached hydrogens (tertiary/aromatic N) is 3. The molecule has 2 heterocycles. The number of likely N-dealkylation sites (tertiary alicyclic amines) is 1. The number of benzene rings is 1. The molecule has 2 aliphatic rings. The zero-order chi connectivity index (χ0) is 20.1. The van der Waals surface area contributed by atoms with E-state index in [4.69, 9.17) is 4.74 Å². The molecule has 2 fully saturated rings. The number of carbonyl (C=O) groups is 2. The average Bonchev–Trinajstić information content (AvgIpc) is 2.73. The first-order chi connectivity index (χ1) is 13.5. The van der Waals surface area contributed by atoms with E-state index in [0.29, 0.717) is 43.5 Å². The van der Waals surface area contributed by atoms with Gasteiger partial charge in [0, 0.05) is 56.9 Å². The van der Waals surface area contributed by atoms with Crippen molar-refractivity contribution in [2.45, 2.75) is 38.8 Å². The zero-order valence-electron chi connectivity index (χ0n) is 17.2. The lowest BCUT2D eigenvalue weighted by Crippen LogP contribution is -2.55. The third-order valence-electron chi connectivity index (χ3n) is 5.76. The van der Waals surface area contributed by atoms with Crippen LogP contribution >= 0.6 is 0 Å². The smallest absolute Gasteiger partial charge is 0.317 e. The van der Waals surface area contributed by atoms with Crippen LogP contribution in [0.5, 0.6) is 5.75 Å². The maximum atomic E-state index is 12.7. The van der Waals surface area contributed by atoms with Gasteiger partial charge < -0.3 is 24.8 Å². The topological polar surface area (TPSA) is 65.1 Å². The van der Waals surface area contributed by atoms with Crippen molar-refractivity contribution in [3.05, 3.63) is 29.8 Å². The average molecular weight is 389 g/mol. The SMILES string of the molecule is COc1cccc(C(=O)N2CCN(C(=O)NC3CCN(C(C)C)CC3)CC2)c1. The Hall–Kier alpha value is -2.28. The van der Waals surface area contributed by atoms with Crippen LogP contribution in [0.15, 0.2) is 24.3 Å². The van der Waals surface area contributed by atoms with E-state index in [1.165, 1.54) is 0 Å². The van der Waals surface area contributed by atoms with Crippen molar-refractivity contribution in [3.8, 4) is 5.75 Å². The summed E-state index contributed by atoms with van der Waals surface area (Å²) in [6.45, 7) is 8.72. The van der Waals surface area contributed by atoms with E-state index < -0.39 is 0 Å². The van der Waals surface area contributed by atoms with Gasteiger partial charge in [0.05, 0.1) is 7.11 Å². The number of rotatable bonds is 4. The van der Waals surface area contributed by atoms with E-state index in [2.05, 4.69) is 24.1 Å². The summed E-state index contributed by atoms with van der Waals surface area (Å²) in [4.78, 5) is 31.4. The van der Waals surface area contributed by atoms with Gasteiger partial charge in [0.2, 0.25) is 0 Å². The molecule has 0 saturated carbocycles. The molecule has 2 aliphatic heterocycles. The van der Waals surface area contributed by atoms with Gasteiger partial charge in [-0.25, -0.2) is 4.79 Å². The summed E-state index contributed by atoms with van der Waals surface area (Å²) >= 11 is 0. The molecule has 3 amide bonds. The van der Waals surface area contributed by atoms with E-state index in [9.17, 15) is 9.59 Å². The molecule has 7 heteroatoms. The fourth-order valence-electron chi connectivity index (χ4n) is 3.88. The van der Waals surface area contributed by atoms with Gasteiger partial charge >= 0.3 is 6.03 Å². The normalized spacial score (nSPS) is 19.0. The van der Waals surface area contributed by atoms with Crippen molar-refractivity contribution in [2.24, 2.45) is 0 Å². The lowest BCUT2D eigenvalue weighted by Gasteiger charge is -2.38. The Labute approximate surface area is 167 Å². The van der Waals surface area contributed by atoms with E-state index in [-0.39, 0.29) is 18.0 Å². The van der Waals surface area contributed by atoms with Gasteiger partial charge in [-0.15, -0.1) is 0 Å². The van der Waals surface area contributed by atoms with Crippen LogP contribution in [-0.4, -0.2) is 85.1 Å². The minimum absolute atomic E-state index is 0.00326. The summed E-state index contributed by atoms with van der Waals surface area (Å²) in [6.07, 6.45) is 2.00. The van der Waals surface area contributed by atoms with Gasteiger partial charge in [-0.2, -0.15) is 0 Å². The quantitative estimate of drug-likeness (QED) is 0.857. The number of hydrogen-bond donors (Lipinski definition) is 1. The number of piperazine rings is 1. The van der Waals surface area contributed by atoms with Crippen LogP contribution in [-0.2, 0) is 0 Å². The largest absolute Gasteiger partial charge is 0.497 e. The molecule has 0 aromatic heterocycles. The standard InChI is InChI=1S/C21H32N4O3/c1-16(2)23-9-7-18(8-10-23)22-21(27)25-13-11-24(12-14-25)20(26)17-5-4-6-19(15-17)28-3/h4-6,15-16,18H,7-14H2,1-3H3,(H,22,27). The molecule has 0 bridgehead atoms. The number of nitrogens with one attached hydrogen (secondary N) is 1. The predicted molar refractivity (Wildman–Crippen MR) is 109 cm³/mol. The Morgan fingerprint density at radius 3 is 2.29 bits per heavy atom. The first-order valence-corrected chi connectivity index (χ1v) is 10.2. The maximum Gasteiger partial charge on any atom is 0.317 e. The molecule has 0 unspecified atom stereocenters. The summed E-state index contributed by atoms with van der Waals surface area (Å²) in [7, 11) is 1.59. The van der Waals surface area contributed by atoms with Crippen LogP contribution in [0, 0.1) is 0 Å². The number of urea groups is 1. The van der Waals surface area contributed by atoms with Crippen molar-refractivity contribution in [1.29, 1.82) is 0 Å². The van der Waals surface area contributed by atoms with E-state index >= 15 is 0 Å². The molecule has 0 atom stereocenters. The molecule has 0 spiro atoms. The highest BCUT2D eigenvalue weighted by Crippen LogP contribution is 2.16. The van der Waals surface area contributed by atoms with Gasteiger partial charge in [-0.1, -0.05) is 6.07 Å². The summed E-state index contributed by atoms with van der Waals surface area (Å²) in [5, 5.41) is 3.18. The number of piperidine rings is 1. The number of hydrogen-bond acceptors (Lipinski definition) is 4. The molecule has 1 aromatic carbocycles. The summed E-state index contributed by atoms with van der Waals surface area (Å²) in [5.74, 6) is 0.660. The van der Waals surface area contributed by atoms with Crippen LogP contribution in [0.4, 0.5) is 4.79 Å². The van der Waals surface area contributed by atoms with Crippen molar-refractivity contribution in [1.82, 2.24) is 20.0 Å². The number of ether oxygens (including phenoxy) is 1. The second-order valence-electron chi connectivity index (χ2n) is 7.86. The predicted octanol–water partition coefficient (Wildman–Crippen LogP) is 2.04. The Balaban J connectivity index is 1.45. The Kier molecular flexibility index (Phi) is 6.78. The van der Waals surface area contributed by atoms with E-state index in [1.54, 1.807) is 24.1 Å². The Bertz CT molecular complexity index is 678. The lowest BCUT2D eigenvalue weighted by atomic mass is 10.0. The van der Waals surface area contributed by atoms with Gasteiger partial charge in [0.25, 0.3) is 5.91 Å². The minimum Gasteiger partial charge on any atom is -0.497 e. The number of carbonyl (C=O) groups excluding carboxylic acids is 2. The van der Waals surface area contributed by atoms with E-state index in [1.807, 2.05) is 17.0 Å². The fourth-order valence-corrected chi connectivity index (χ4v) is 3.88. The number of amides is 3. The van der Waals surface area contributed by atoms with Crippen LogP contribution in [0.25, 0.3) is 0 Å². The molecular formula is C21H32N4O3. The highest BCUT2D eigenvalue weighted by atomic mass is 16.5. The Morgan fingerprint density at radius 2 is 1.68 bits per heavy atom. The summed E-state index contributed by atoms with van der Waals surface area (Å²) in [5.41, 5.74) is 0.620. The minimum atomic E-state index is -0.0139. The number of methoxy groups -OCH3 is 1. The first-order valence-electron chi connectivity index (χ1n) is 10.2.